The molecule has 0 atom stereocenters. The number of aromatic amines is 1. The molecule has 19 heavy (non-hydrogen) atoms. The zero-order chi connectivity index (χ0) is 13.4. The Bertz CT molecular complexity index is 726. The molecule has 3 rings (SSSR count). The molecule has 1 aromatic heterocycles. The summed E-state index contributed by atoms with van der Waals surface area (Å²) in [6.07, 6.45) is 1.89. The molecule has 1 heterocycles. The van der Waals surface area contributed by atoms with Crippen LogP contribution in [0.25, 0.3) is 0 Å². The molecule has 0 spiro atoms. The summed E-state index contributed by atoms with van der Waals surface area (Å²) in [6.45, 7) is 0. The zero-order valence-corrected chi connectivity index (χ0v) is 10.6. The highest BCUT2D eigenvalue weighted by atomic mass is 32.2. The number of nitrogens with zero attached hydrogens (tertiary/aromatic N) is 3. The molecule has 1 saturated carbocycles. The van der Waals surface area contributed by atoms with Gasteiger partial charge < -0.3 is 0 Å². The Morgan fingerprint density at radius 3 is 3.00 bits per heavy atom. The third-order valence-electron chi connectivity index (χ3n) is 2.87. The topological polar surface area (TPSA) is 74.5 Å². The highest BCUT2D eigenvalue weighted by molar-refractivity contribution is 7.99. The van der Waals surface area contributed by atoms with E-state index in [-0.39, 0.29) is 17.3 Å². The number of nitriles is 1. The molecule has 0 amide bonds. The van der Waals surface area contributed by atoms with Crippen molar-refractivity contribution in [1.29, 1.82) is 5.26 Å². The lowest BCUT2D eigenvalue weighted by Crippen LogP contribution is -2.16. The van der Waals surface area contributed by atoms with Crippen LogP contribution in [0.4, 0.5) is 4.39 Å². The first-order valence-corrected chi connectivity index (χ1v) is 6.55. The van der Waals surface area contributed by atoms with Gasteiger partial charge in [-0.05, 0) is 36.7 Å². The SMILES string of the molecule is N#Cc1c(F)cccc1Sc1n[nH]c(=O)n1C1CC1. The molecule has 0 aliphatic heterocycles. The maximum atomic E-state index is 13.5. The first kappa shape index (κ1) is 12.0. The molecule has 7 heteroatoms. The van der Waals surface area contributed by atoms with Crippen molar-refractivity contribution in [3.05, 3.63) is 40.1 Å². The van der Waals surface area contributed by atoms with E-state index in [2.05, 4.69) is 10.2 Å². The van der Waals surface area contributed by atoms with Crippen LogP contribution in [-0.2, 0) is 0 Å². The molecule has 2 aromatic rings. The molecule has 1 fully saturated rings. The Balaban J connectivity index is 2.01. The van der Waals surface area contributed by atoms with Gasteiger partial charge in [-0.25, -0.2) is 14.3 Å². The lowest BCUT2D eigenvalue weighted by Gasteiger charge is -2.05. The van der Waals surface area contributed by atoms with Gasteiger partial charge in [-0.1, -0.05) is 6.07 Å². The van der Waals surface area contributed by atoms with Crippen LogP contribution in [0.1, 0.15) is 24.4 Å². The highest BCUT2D eigenvalue weighted by Crippen LogP contribution is 2.38. The van der Waals surface area contributed by atoms with Crippen LogP contribution < -0.4 is 5.69 Å². The first-order valence-electron chi connectivity index (χ1n) is 5.74. The second-order valence-electron chi connectivity index (χ2n) is 4.24. The van der Waals surface area contributed by atoms with Gasteiger partial charge in [0.1, 0.15) is 17.4 Å². The molecule has 0 saturated heterocycles. The van der Waals surface area contributed by atoms with Crippen molar-refractivity contribution in [2.45, 2.75) is 28.9 Å². The second kappa shape index (κ2) is 4.55. The maximum Gasteiger partial charge on any atom is 0.344 e. The summed E-state index contributed by atoms with van der Waals surface area (Å²) in [5.74, 6) is -0.566. The average molecular weight is 276 g/mol. The summed E-state index contributed by atoms with van der Waals surface area (Å²) in [4.78, 5) is 12.1. The van der Waals surface area contributed by atoms with E-state index in [0.29, 0.717) is 10.1 Å². The molecule has 0 radical (unpaired) electrons. The maximum absolute atomic E-state index is 13.5. The van der Waals surface area contributed by atoms with Crippen molar-refractivity contribution in [2.24, 2.45) is 0 Å². The van der Waals surface area contributed by atoms with E-state index >= 15 is 0 Å². The number of H-pyrrole nitrogens is 1. The number of hydrogen-bond acceptors (Lipinski definition) is 4. The number of aromatic nitrogens is 3. The Morgan fingerprint density at radius 1 is 1.53 bits per heavy atom. The van der Waals surface area contributed by atoms with Crippen LogP contribution in [-0.4, -0.2) is 14.8 Å². The molecule has 1 N–H and O–H groups in total. The minimum absolute atomic E-state index is 0.0229. The van der Waals surface area contributed by atoms with Gasteiger partial charge in [0.25, 0.3) is 0 Å². The summed E-state index contributed by atoms with van der Waals surface area (Å²) >= 11 is 1.13. The van der Waals surface area contributed by atoms with Gasteiger partial charge in [-0.15, -0.1) is 5.10 Å². The Labute approximate surface area is 112 Å². The van der Waals surface area contributed by atoms with Gasteiger partial charge >= 0.3 is 5.69 Å². The predicted molar refractivity (Wildman–Crippen MR) is 66.4 cm³/mol. The zero-order valence-electron chi connectivity index (χ0n) is 9.76. The summed E-state index contributed by atoms with van der Waals surface area (Å²) in [5, 5.41) is 15.8. The molecule has 0 unspecified atom stereocenters. The highest BCUT2D eigenvalue weighted by Gasteiger charge is 2.29. The molecule has 1 aliphatic carbocycles. The molecular formula is C12H9FN4OS. The fourth-order valence-electron chi connectivity index (χ4n) is 1.81. The smallest absolute Gasteiger partial charge is 0.267 e. The van der Waals surface area contributed by atoms with Gasteiger partial charge in [-0.3, -0.25) is 4.57 Å². The van der Waals surface area contributed by atoms with E-state index in [4.69, 9.17) is 5.26 Å². The fourth-order valence-corrected chi connectivity index (χ4v) is 2.82. The van der Waals surface area contributed by atoms with E-state index < -0.39 is 5.82 Å². The van der Waals surface area contributed by atoms with Crippen molar-refractivity contribution in [1.82, 2.24) is 14.8 Å². The number of rotatable bonds is 3. The van der Waals surface area contributed by atoms with Crippen LogP contribution in [0, 0.1) is 17.1 Å². The van der Waals surface area contributed by atoms with Gasteiger partial charge in [0, 0.05) is 10.9 Å². The van der Waals surface area contributed by atoms with Crippen molar-refractivity contribution in [3.8, 4) is 6.07 Å². The number of halogens is 1. The molecule has 1 aliphatic rings. The fraction of sp³-hybridized carbons (Fsp3) is 0.250. The van der Waals surface area contributed by atoms with Crippen LogP contribution in [0.15, 0.2) is 33.0 Å². The third-order valence-corrected chi connectivity index (χ3v) is 3.90. The van der Waals surface area contributed by atoms with Crippen molar-refractivity contribution >= 4 is 11.8 Å². The summed E-state index contributed by atoms with van der Waals surface area (Å²) < 4.78 is 15.1. The minimum atomic E-state index is -0.566. The predicted octanol–water partition coefficient (Wildman–Crippen LogP) is 2.07. The Hall–Kier alpha value is -2.07. The molecule has 1 aromatic carbocycles. The van der Waals surface area contributed by atoms with Crippen molar-refractivity contribution < 1.29 is 4.39 Å². The number of nitrogens with one attached hydrogen (secondary N) is 1. The van der Waals surface area contributed by atoms with Crippen molar-refractivity contribution in [3.63, 3.8) is 0 Å². The van der Waals surface area contributed by atoms with E-state index in [0.717, 1.165) is 24.6 Å². The number of benzene rings is 1. The van der Waals surface area contributed by atoms with Crippen LogP contribution in [0.5, 0.6) is 0 Å². The van der Waals surface area contributed by atoms with E-state index in [9.17, 15) is 9.18 Å². The van der Waals surface area contributed by atoms with E-state index in [1.54, 1.807) is 10.6 Å². The summed E-state index contributed by atoms with van der Waals surface area (Å²) in [7, 11) is 0. The Morgan fingerprint density at radius 2 is 2.32 bits per heavy atom. The largest absolute Gasteiger partial charge is 0.344 e. The monoisotopic (exact) mass is 276 g/mol. The average Bonchev–Trinajstić information content (AvgIpc) is 3.15. The van der Waals surface area contributed by atoms with Gasteiger partial charge in [0.2, 0.25) is 0 Å². The first-order chi connectivity index (χ1) is 9.20. The quantitative estimate of drug-likeness (QED) is 0.931. The van der Waals surface area contributed by atoms with Gasteiger partial charge in [0.05, 0.1) is 0 Å². The molecule has 96 valence electrons. The third kappa shape index (κ3) is 2.15. The van der Waals surface area contributed by atoms with Gasteiger partial charge in [-0.2, -0.15) is 5.26 Å². The minimum Gasteiger partial charge on any atom is -0.267 e. The second-order valence-corrected chi connectivity index (χ2v) is 5.25. The Kier molecular flexibility index (Phi) is 2.87. The normalized spacial score (nSPS) is 14.3. The number of hydrogen-bond donors (Lipinski definition) is 1. The van der Waals surface area contributed by atoms with E-state index in [1.165, 1.54) is 12.1 Å². The van der Waals surface area contributed by atoms with Crippen LogP contribution >= 0.6 is 11.8 Å². The van der Waals surface area contributed by atoms with Crippen LogP contribution in [0.3, 0.4) is 0 Å². The molecular weight excluding hydrogens is 267 g/mol. The van der Waals surface area contributed by atoms with Gasteiger partial charge in [0.15, 0.2) is 5.16 Å². The lowest BCUT2D eigenvalue weighted by atomic mass is 10.2. The summed E-state index contributed by atoms with van der Waals surface area (Å²) in [5.41, 5.74) is -0.287. The molecule has 5 nitrogen and oxygen atoms in total. The van der Waals surface area contributed by atoms with Crippen molar-refractivity contribution in [2.75, 3.05) is 0 Å². The van der Waals surface area contributed by atoms with Crippen LogP contribution in [0.2, 0.25) is 0 Å². The lowest BCUT2D eigenvalue weighted by molar-refractivity contribution is 0.619. The standard InChI is InChI=1S/C12H9FN4OS/c13-9-2-1-3-10(8(9)6-14)19-12-16-15-11(18)17(12)7-4-5-7/h1-3,7H,4-5H2,(H,15,18). The summed E-state index contributed by atoms with van der Waals surface area (Å²) in [6, 6.07) is 6.42. The van der Waals surface area contributed by atoms with E-state index in [1.807, 2.05) is 6.07 Å². The molecule has 0 bridgehead atoms.